The van der Waals surface area contributed by atoms with Gasteiger partial charge in [-0.1, -0.05) is 13.5 Å². The van der Waals surface area contributed by atoms with E-state index in [-0.39, 0.29) is 38.2 Å². The number of hydrogen-bond acceptors (Lipinski definition) is 7. The van der Waals surface area contributed by atoms with E-state index in [4.69, 9.17) is 14.6 Å². The van der Waals surface area contributed by atoms with Crippen molar-refractivity contribution in [3.63, 3.8) is 0 Å². The Bertz CT molecular complexity index is 376. The molecule has 0 aromatic carbocycles. The van der Waals surface area contributed by atoms with E-state index in [1.807, 2.05) is 0 Å². The standard InChI is InChI=1S/C14H22O7/c1-4-11(21-14(18)10(2)3)9-20-13(17)6-5-12(16)19-8-7-15/h11,15H,2,4-9H2,1,3H3. The summed E-state index contributed by atoms with van der Waals surface area (Å²) in [5, 5.41) is 8.46. The van der Waals surface area contributed by atoms with Gasteiger partial charge in [-0.2, -0.15) is 0 Å². The lowest BCUT2D eigenvalue weighted by atomic mass is 10.3. The molecule has 120 valence electrons. The highest BCUT2D eigenvalue weighted by Crippen LogP contribution is 2.05. The van der Waals surface area contributed by atoms with Gasteiger partial charge in [-0.3, -0.25) is 9.59 Å². The summed E-state index contributed by atoms with van der Waals surface area (Å²) in [5.41, 5.74) is 0.270. The second-order valence-corrected chi connectivity index (χ2v) is 4.34. The zero-order valence-corrected chi connectivity index (χ0v) is 12.4. The van der Waals surface area contributed by atoms with Crippen LogP contribution in [0.5, 0.6) is 0 Å². The van der Waals surface area contributed by atoms with Gasteiger partial charge in [0.05, 0.1) is 19.4 Å². The van der Waals surface area contributed by atoms with E-state index < -0.39 is 24.0 Å². The van der Waals surface area contributed by atoms with Crippen molar-refractivity contribution >= 4 is 17.9 Å². The Morgan fingerprint density at radius 2 is 1.71 bits per heavy atom. The van der Waals surface area contributed by atoms with Crippen molar-refractivity contribution in [3.8, 4) is 0 Å². The predicted molar refractivity (Wildman–Crippen MR) is 73.2 cm³/mol. The van der Waals surface area contributed by atoms with Crippen molar-refractivity contribution in [2.75, 3.05) is 19.8 Å². The first-order valence-electron chi connectivity index (χ1n) is 6.69. The lowest BCUT2D eigenvalue weighted by Gasteiger charge is -2.16. The maximum absolute atomic E-state index is 11.4. The molecule has 0 saturated carbocycles. The molecule has 0 spiro atoms. The van der Waals surface area contributed by atoms with Crippen LogP contribution in [0.1, 0.15) is 33.1 Å². The minimum absolute atomic E-state index is 0.0694. The molecule has 0 aliphatic carbocycles. The van der Waals surface area contributed by atoms with Crippen LogP contribution in [0.4, 0.5) is 0 Å². The zero-order chi connectivity index (χ0) is 16.3. The fourth-order valence-corrected chi connectivity index (χ4v) is 1.18. The molecule has 0 radical (unpaired) electrons. The molecule has 1 N–H and O–H groups in total. The molecule has 0 fully saturated rings. The molecule has 0 aliphatic heterocycles. The van der Waals surface area contributed by atoms with Gasteiger partial charge >= 0.3 is 17.9 Å². The number of aliphatic hydroxyl groups excluding tert-OH is 1. The molecular weight excluding hydrogens is 280 g/mol. The number of carbonyl (C=O) groups is 3. The number of aliphatic hydroxyl groups is 1. The summed E-state index contributed by atoms with van der Waals surface area (Å²) in [6.45, 7) is 6.35. The predicted octanol–water partition coefficient (Wildman–Crippen LogP) is 0.743. The number of carbonyl (C=O) groups excluding carboxylic acids is 3. The fourth-order valence-electron chi connectivity index (χ4n) is 1.18. The monoisotopic (exact) mass is 302 g/mol. The van der Waals surface area contributed by atoms with Crippen LogP contribution in [0, 0.1) is 0 Å². The lowest BCUT2D eigenvalue weighted by molar-refractivity contribution is -0.157. The average molecular weight is 302 g/mol. The molecule has 0 aliphatic rings. The smallest absolute Gasteiger partial charge is 0.333 e. The molecule has 0 bridgehead atoms. The summed E-state index contributed by atoms with van der Waals surface area (Å²) in [4.78, 5) is 33.9. The summed E-state index contributed by atoms with van der Waals surface area (Å²) in [6.07, 6.45) is -0.305. The van der Waals surface area contributed by atoms with Gasteiger partial charge in [0, 0.05) is 5.57 Å². The highest BCUT2D eigenvalue weighted by molar-refractivity contribution is 5.87. The summed E-state index contributed by atoms with van der Waals surface area (Å²) in [6, 6.07) is 0. The highest BCUT2D eigenvalue weighted by Gasteiger charge is 2.16. The highest BCUT2D eigenvalue weighted by atomic mass is 16.6. The molecule has 0 aromatic heterocycles. The maximum Gasteiger partial charge on any atom is 0.333 e. The van der Waals surface area contributed by atoms with Crippen LogP contribution in [-0.2, 0) is 28.6 Å². The van der Waals surface area contributed by atoms with Gasteiger partial charge in [0.1, 0.15) is 19.3 Å². The van der Waals surface area contributed by atoms with Crippen molar-refractivity contribution in [2.24, 2.45) is 0 Å². The average Bonchev–Trinajstić information content (AvgIpc) is 2.46. The number of rotatable bonds is 10. The van der Waals surface area contributed by atoms with Crippen LogP contribution in [0.3, 0.4) is 0 Å². The van der Waals surface area contributed by atoms with Gasteiger partial charge in [0.25, 0.3) is 0 Å². The lowest BCUT2D eigenvalue weighted by Crippen LogP contribution is -2.25. The molecule has 7 heteroatoms. The van der Waals surface area contributed by atoms with Gasteiger partial charge in [-0.05, 0) is 13.3 Å². The van der Waals surface area contributed by atoms with Crippen LogP contribution >= 0.6 is 0 Å². The van der Waals surface area contributed by atoms with E-state index in [2.05, 4.69) is 11.3 Å². The Morgan fingerprint density at radius 1 is 1.14 bits per heavy atom. The van der Waals surface area contributed by atoms with E-state index in [9.17, 15) is 14.4 Å². The van der Waals surface area contributed by atoms with E-state index in [0.717, 1.165) is 0 Å². The van der Waals surface area contributed by atoms with Gasteiger partial charge < -0.3 is 19.3 Å². The normalized spacial score (nSPS) is 11.4. The van der Waals surface area contributed by atoms with E-state index >= 15 is 0 Å². The SMILES string of the molecule is C=C(C)C(=O)OC(CC)COC(=O)CCC(=O)OCCO. The quantitative estimate of drug-likeness (QED) is 0.361. The number of hydrogen-bond donors (Lipinski definition) is 1. The first-order chi connectivity index (χ1) is 9.90. The van der Waals surface area contributed by atoms with E-state index in [1.165, 1.54) is 6.92 Å². The van der Waals surface area contributed by atoms with Crippen LogP contribution in [0.15, 0.2) is 12.2 Å². The Hall–Kier alpha value is -1.89. The van der Waals surface area contributed by atoms with Gasteiger partial charge in [0.15, 0.2) is 0 Å². The van der Waals surface area contributed by atoms with Crippen LogP contribution in [0.25, 0.3) is 0 Å². The van der Waals surface area contributed by atoms with Crippen LogP contribution in [-0.4, -0.2) is 48.9 Å². The fraction of sp³-hybridized carbons (Fsp3) is 0.643. The first-order valence-corrected chi connectivity index (χ1v) is 6.69. The Kier molecular flexibility index (Phi) is 9.87. The van der Waals surface area contributed by atoms with E-state index in [0.29, 0.717) is 6.42 Å². The topological polar surface area (TPSA) is 99.1 Å². The zero-order valence-electron chi connectivity index (χ0n) is 12.4. The van der Waals surface area contributed by atoms with Gasteiger partial charge in [0.2, 0.25) is 0 Å². The van der Waals surface area contributed by atoms with Crippen LogP contribution < -0.4 is 0 Å². The summed E-state index contributed by atoms with van der Waals surface area (Å²) < 4.78 is 14.6. The molecule has 0 saturated heterocycles. The molecule has 0 amide bonds. The third kappa shape index (κ3) is 9.61. The largest absolute Gasteiger partial charge is 0.463 e. The van der Waals surface area contributed by atoms with Crippen LogP contribution in [0.2, 0.25) is 0 Å². The molecule has 0 rings (SSSR count). The maximum atomic E-state index is 11.4. The minimum atomic E-state index is -0.583. The number of esters is 3. The van der Waals surface area contributed by atoms with Crippen molar-refractivity contribution in [3.05, 3.63) is 12.2 Å². The molecule has 0 aromatic rings. The third-order valence-corrected chi connectivity index (χ3v) is 2.40. The Morgan fingerprint density at radius 3 is 2.19 bits per heavy atom. The molecule has 7 nitrogen and oxygen atoms in total. The number of ether oxygens (including phenoxy) is 3. The first kappa shape index (κ1) is 19.1. The molecule has 1 unspecified atom stereocenters. The second-order valence-electron chi connectivity index (χ2n) is 4.34. The van der Waals surface area contributed by atoms with Crippen molar-refractivity contribution in [1.82, 2.24) is 0 Å². The van der Waals surface area contributed by atoms with Gasteiger partial charge in [-0.15, -0.1) is 0 Å². The van der Waals surface area contributed by atoms with Crippen molar-refractivity contribution < 1.29 is 33.7 Å². The van der Waals surface area contributed by atoms with E-state index in [1.54, 1.807) is 6.92 Å². The Balaban J connectivity index is 3.96. The second kappa shape index (κ2) is 10.8. The molecular formula is C14H22O7. The minimum Gasteiger partial charge on any atom is -0.463 e. The molecule has 0 heterocycles. The molecule has 1 atom stereocenters. The summed E-state index contributed by atoms with van der Waals surface area (Å²) in [5.74, 6) is -1.70. The van der Waals surface area contributed by atoms with Crippen molar-refractivity contribution in [2.45, 2.75) is 39.2 Å². The third-order valence-electron chi connectivity index (χ3n) is 2.40. The molecule has 21 heavy (non-hydrogen) atoms. The summed E-state index contributed by atoms with van der Waals surface area (Å²) >= 11 is 0. The Labute approximate surface area is 123 Å². The summed E-state index contributed by atoms with van der Waals surface area (Å²) in [7, 11) is 0. The van der Waals surface area contributed by atoms with Crippen molar-refractivity contribution in [1.29, 1.82) is 0 Å². The van der Waals surface area contributed by atoms with Gasteiger partial charge in [-0.25, -0.2) is 4.79 Å².